The third-order valence-electron chi connectivity index (χ3n) is 4.15. The highest BCUT2D eigenvalue weighted by molar-refractivity contribution is 7.90. The molecule has 0 amide bonds. The Labute approximate surface area is 153 Å². The number of rotatable bonds is 5. The van der Waals surface area contributed by atoms with Gasteiger partial charge in [-0.25, -0.2) is 13.2 Å². The van der Waals surface area contributed by atoms with Gasteiger partial charge in [0.1, 0.15) is 0 Å². The number of aryl methyl sites for hydroxylation is 4. The van der Waals surface area contributed by atoms with E-state index in [2.05, 4.69) is 0 Å². The Morgan fingerprint density at radius 1 is 0.923 bits per heavy atom. The summed E-state index contributed by atoms with van der Waals surface area (Å²) >= 11 is 0. The molecule has 0 radical (unpaired) electrons. The summed E-state index contributed by atoms with van der Waals surface area (Å²) < 4.78 is 28.5. The van der Waals surface area contributed by atoms with Gasteiger partial charge in [0.25, 0.3) is 0 Å². The number of sulfone groups is 1. The molecule has 0 fully saturated rings. The lowest BCUT2D eigenvalue weighted by Gasteiger charge is -2.12. The van der Waals surface area contributed by atoms with Crippen LogP contribution in [0.15, 0.2) is 35.2 Å². The van der Waals surface area contributed by atoms with Gasteiger partial charge in [0.2, 0.25) is 5.78 Å². The van der Waals surface area contributed by atoms with Gasteiger partial charge in [0, 0.05) is 11.8 Å². The molecular formula is C20H22O5S. The molecule has 0 N–H and O–H groups in total. The van der Waals surface area contributed by atoms with Gasteiger partial charge < -0.3 is 4.74 Å². The Morgan fingerprint density at radius 3 is 2.04 bits per heavy atom. The van der Waals surface area contributed by atoms with Crippen LogP contribution in [-0.4, -0.2) is 33.0 Å². The van der Waals surface area contributed by atoms with Crippen molar-refractivity contribution in [3.63, 3.8) is 0 Å². The summed E-state index contributed by atoms with van der Waals surface area (Å²) in [4.78, 5) is 24.8. The first-order valence-corrected chi connectivity index (χ1v) is 9.98. The van der Waals surface area contributed by atoms with Crippen molar-refractivity contribution in [3.05, 3.63) is 63.7 Å². The topological polar surface area (TPSA) is 77.5 Å². The predicted molar refractivity (Wildman–Crippen MR) is 99.6 cm³/mol. The van der Waals surface area contributed by atoms with Crippen molar-refractivity contribution in [3.8, 4) is 0 Å². The molecule has 2 rings (SSSR count). The number of benzene rings is 2. The molecule has 2 aromatic rings. The number of Topliss-reactive ketones (excluding diaryl/α,β-unsaturated/α-hetero) is 1. The molecule has 26 heavy (non-hydrogen) atoms. The molecule has 0 bridgehead atoms. The molecule has 0 atom stereocenters. The predicted octanol–water partition coefficient (Wildman–Crippen LogP) is 3.36. The summed E-state index contributed by atoms with van der Waals surface area (Å²) in [5.74, 6) is -1.01. The zero-order valence-corrected chi connectivity index (χ0v) is 16.4. The standard InChI is InChI=1S/C20H22O5S/c1-12-8-14(3)19(15(4)9-12)18(21)11-25-20(22)17-10-16(26(5,23)24)7-6-13(17)2/h6-10H,11H2,1-5H3. The largest absolute Gasteiger partial charge is 0.454 e. The Morgan fingerprint density at radius 2 is 1.50 bits per heavy atom. The lowest BCUT2D eigenvalue weighted by atomic mass is 9.97. The number of hydrogen-bond donors (Lipinski definition) is 0. The minimum atomic E-state index is -3.44. The summed E-state index contributed by atoms with van der Waals surface area (Å²) in [6.45, 7) is 6.92. The summed E-state index contributed by atoms with van der Waals surface area (Å²) in [5.41, 5.74) is 3.99. The highest BCUT2D eigenvalue weighted by Crippen LogP contribution is 2.19. The molecule has 0 aromatic heterocycles. The fraction of sp³-hybridized carbons (Fsp3) is 0.300. The van der Waals surface area contributed by atoms with E-state index < -0.39 is 22.4 Å². The molecule has 138 valence electrons. The molecule has 0 saturated carbocycles. The number of carbonyl (C=O) groups is 2. The van der Waals surface area contributed by atoms with Gasteiger partial charge in [-0.2, -0.15) is 0 Å². The van der Waals surface area contributed by atoms with Crippen LogP contribution in [-0.2, 0) is 14.6 Å². The van der Waals surface area contributed by atoms with E-state index in [1.807, 2.05) is 32.9 Å². The molecule has 0 unspecified atom stereocenters. The van der Waals surface area contributed by atoms with E-state index in [1.54, 1.807) is 13.0 Å². The van der Waals surface area contributed by atoms with Crippen molar-refractivity contribution in [1.82, 2.24) is 0 Å². The Balaban J connectivity index is 2.21. The minimum Gasteiger partial charge on any atom is -0.454 e. The van der Waals surface area contributed by atoms with Gasteiger partial charge in [0.15, 0.2) is 16.4 Å². The first kappa shape index (κ1) is 19.8. The number of carbonyl (C=O) groups excluding carboxylic acids is 2. The smallest absolute Gasteiger partial charge is 0.338 e. The molecule has 0 aliphatic heterocycles. The van der Waals surface area contributed by atoms with Crippen molar-refractivity contribution in [1.29, 1.82) is 0 Å². The molecule has 5 nitrogen and oxygen atoms in total. The van der Waals surface area contributed by atoms with E-state index in [4.69, 9.17) is 4.74 Å². The second kappa shape index (κ2) is 7.41. The average Bonchev–Trinajstić information content (AvgIpc) is 2.50. The van der Waals surface area contributed by atoms with Crippen molar-refractivity contribution in [2.45, 2.75) is 32.6 Å². The van der Waals surface area contributed by atoms with Gasteiger partial charge in [-0.05, 0) is 56.5 Å². The molecule has 0 saturated heterocycles. The first-order chi connectivity index (χ1) is 12.0. The second-order valence-electron chi connectivity index (χ2n) is 6.52. The van der Waals surface area contributed by atoms with Gasteiger partial charge in [0.05, 0.1) is 10.5 Å². The fourth-order valence-electron chi connectivity index (χ4n) is 2.95. The number of esters is 1. The quantitative estimate of drug-likeness (QED) is 0.592. The van der Waals surface area contributed by atoms with Crippen molar-refractivity contribution >= 4 is 21.6 Å². The zero-order valence-electron chi connectivity index (χ0n) is 15.5. The van der Waals surface area contributed by atoms with Gasteiger partial charge >= 0.3 is 5.97 Å². The molecular weight excluding hydrogens is 352 g/mol. The molecule has 0 aliphatic carbocycles. The maximum atomic E-state index is 12.5. The van der Waals surface area contributed by atoms with Crippen LogP contribution in [0.2, 0.25) is 0 Å². The molecule has 0 aliphatic rings. The maximum Gasteiger partial charge on any atom is 0.338 e. The minimum absolute atomic E-state index is 0.0339. The monoisotopic (exact) mass is 374 g/mol. The number of ether oxygens (including phenoxy) is 1. The van der Waals surface area contributed by atoms with Crippen LogP contribution in [0.1, 0.15) is 43.0 Å². The Kier molecular flexibility index (Phi) is 5.66. The maximum absolute atomic E-state index is 12.5. The Hall–Kier alpha value is -2.47. The third-order valence-corrected chi connectivity index (χ3v) is 5.26. The van der Waals surface area contributed by atoms with Crippen LogP contribution in [0.4, 0.5) is 0 Å². The summed E-state index contributed by atoms with van der Waals surface area (Å²) in [5, 5.41) is 0. The van der Waals surface area contributed by atoms with E-state index in [0.717, 1.165) is 22.9 Å². The number of ketones is 1. The SMILES string of the molecule is Cc1cc(C)c(C(=O)COC(=O)c2cc(S(C)(=O)=O)ccc2C)c(C)c1. The van der Waals surface area contributed by atoms with Crippen LogP contribution >= 0.6 is 0 Å². The van der Waals surface area contributed by atoms with Gasteiger partial charge in [-0.1, -0.05) is 23.8 Å². The van der Waals surface area contributed by atoms with Gasteiger partial charge in [-0.15, -0.1) is 0 Å². The van der Waals surface area contributed by atoms with E-state index >= 15 is 0 Å². The summed E-state index contributed by atoms with van der Waals surface area (Å²) in [6, 6.07) is 8.07. The van der Waals surface area contributed by atoms with Crippen molar-refractivity contribution < 1.29 is 22.7 Å². The third kappa shape index (κ3) is 4.38. The van der Waals surface area contributed by atoms with Crippen molar-refractivity contribution in [2.24, 2.45) is 0 Å². The normalized spacial score (nSPS) is 11.3. The molecule has 0 heterocycles. The zero-order chi connectivity index (χ0) is 19.6. The van der Waals surface area contributed by atoms with Crippen LogP contribution in [0.25, 0.3) is 0 Å². The highest BCUT2D eigenvalue weighted by atomic mass is 32.2. The highest BCUT2D eigenvalue weighted by Gasteiger charge is 2.19. The second-order valence-corrected chi connectivity index (χ2v) is 8.54. The van der Waals surface area contributed by atoms with E-state index in [9.17, 15) is 18.0 Å². The van der Waals surface area contributed by atoms with Crippen LogP contribution in [0.5, 0.6) is 0 Å². The molecule has 0 spiro atoms. The van der Waals surface area contributed by atoms with E-state index in [1.165, 1.54) is 12.1 Å². The first-order valence-electron chi connectivity index (χ1n) is 8.09. The lowest BCUT2D eigenvalue weighted by Crippen LogP contribution is -2.17. The van der Waals surface area contributed by atoms with Crippen LogP contribution in [0, 0.1) is 27.7 Å². The van der Waals surface area contributed by atoms with E-state index in [0.29, 0.717) is 11.1 Å². The molecule has 2 aromatic carbocycles. The fourth-order valence-corrected chi connectivity index (χ4v) is 3.60. The average molecular weight is 374 g/mol. The summed E-state index contributed by atoms with van der Waals surface area (Å²) in [7, 11) is -3.44. The number of hydrogen-bond acceptors (Lipinski definition) is 5. The van der Waals surface area contributed by atoms with Crippen LogP contribution < -0.4 is 0 Å². The van der Waals surface area contributed by atoms with Crippen LogP contribution in [0.3, 0.4) is 0 Å². The van der Waals surface area contributed by atoms with E-state index in [-0.39, 0.29) is 16.2 Å². The Bertz CT molecular complexity index is 964. The molecule has 6 heteroatoms. The van der Waals surface area contributed by atoms with Crippen molar-refractivity contribution in [2.75, 3.05) is 12.9 Å². The van der Waals surface area contributed by atoms with Gasteiger partial charge in [-0.3, -0.25) is 4.79 Å². The lowest BCUT2D eigenvalue weighted by molar-refractivity contribution is 0.0473. The summed E-state index contributed by atoms with van der Waals surface area (Å²) in [6.07, 6.45) is 1.07.